The summed E-state index contributed by atoms with van der Waals surface area (Å²) in [6.45, 7) is 1.89. The summed E-state index contributed by atoms with van der Waals surface area (Å²) < 4.78 is 10.5. The molecular weight excluding hydrogens is 350 g/mol. The van der Waals surface area contributed by atoms with Crippen LogP contribution < -0.4 is 25.4 Å². The molecule has 0 saturated heterocycles. The van der Waals surface area contributed by atoms with Gasteiger partial charge in [0.15, 0.2) is 11.5 Å². The summed E-state index contributed by atoms with van der Waals surface area (Å²) in [5, 5.41) is 7.96. The standard InChI is InChI=1S/C19H19N3O5/c1-12(23)21-14-3-5-15(6-4-14)22-19(25)9-18(24)20-10-13-2-7-16-17(8-13)27-11-26-16/h2-8H,9-11H2,1H3,(H,20,24)(H,21,23)(H,22,25). The zero-order valence-electron chi connectivity index (χ0n) is 14.7. The van der Waals surface area contributed by atoms with Crippen molar-refractivity contribution in [1.82, 2.24) is 5.32 Å². The average molecular weight is 369 g/mol. The second kappa shape index (κ2) is 8.22. The Morgan fingerprint density at radius 1 is 0.889 bits per heavy atom. The Hall–Kier alpha value is -3.55. The number of carbonyl (C=O) groups is 3. The molecule has 0 aliphatic carbocycles. The Morgan fingerprint density at radius 3 is 2.26 bits per heavy atom. The van der Waals surface area contributed by atoms with Crippen LogP contribution in [0.4, 0.5) is 11.4 Å². The largest absolute Gasteiger partial charge is 0.454 e. The highest BCUT2D eigenvalue weighted by molar-refractivity contribution is 6.03. The number of rotatable bonds is 6. The summed E-state index contributed by atoms with van der Waals surface area (Å²) in [4.78, 5) is 34.9. The fourth-order valence-corrected chi connectivity index (χ4v) is 2.51. The number of hydrogen-bond donors (Lipinski definition) is 3. The first kappa shape index (κ1) is 18.2. The van der Waals surface area contributed by atoms with Crippen LogP contribution in [0.1, 0.15) is 18.9 Å². The fraction of sp³-hybridized carbons (Fsp3) is 0.211. The maximum atomic E-state index is 12.0. The van der Waals surface area contributed by atoms with Gasteiger partial charge in [-0.25, -0.2) is 0 Å². The van der Waals surface area contributed by atoms with Crippen molar-refractivity contribution in [3.8, 4) is 11.5 Å². The molecule has 0 saturated carbocycles. The van der Waals surface area contributed by atoms with Crippen LogP contribution in [0.15, 0.2) is 42.5 Å². The Labute approximate surface area is 155 Å². The molecule has 0 spiro atoms. The van der Waals surface area contributed by atoms with E-state index < -0.39 is 5.91 Å². The number of ether oxygens (including phenoxy) is 2. The lowest BCUT2D eigenvalue weighted by Crippen LogP contribution is -2.27. The molecule has 3 rings (SSSR count). The van der Waals surface area contributed by atoms with E-state index >= 15 is 0 Å². The lowest BCUT2D eigenvalue weighted by molar-refractivity contribution is -0.127. The van der Waals surface area contributed by atoms with E-state index in [1.54, 1.807) is 36.4 Å². The molecule has 2 aromatic carbocycles. The minimum atomic E-state index is -0.425. The molecule has 0 atom stereocenters. The van der Waals surface area contributed by atoms with Gasteiger partial charge in [-0.1, -0.05) is 6.07 Å². The number of fused-ring (bicyclic) bond motifs is 1. The second-order valence-corrected chi connectivity index (χ2v) is 5.95. The predicted molar refractivity (Wildman–Crippen MR) is 98.4 cm³/mol. The molecule has 0 radical (unpaired) electrons. The molecule has 8 heteroatoms. The van der Waals surface area contributed by atoms with E-state index in [2.05, 4.69) is 16.0 Å². The van der Waals surface area contributed by atoms with Gasteiger partial charge < -0.3 is 25.4 Å². The second-order valence-electron chi connectivity index (χ2n) is 5.95. The minimum absolute atomic E-state index is 0.175. The molecule has 2 aromatic rings. The molecule has 3 amide bonds. The van der Waals surface area contributed by atoms with Crippen molar-refractivity contribution in [2.24, 2.45) is 0 Å². The van der Waals surface area contributed by atoms with Crippen molar-refractivity contribution in [2.75, 3.05) is 17.4 Å². The molecule has 1 aliphatic heterocycles. The maximum Gasteiger partial charge on any atom is 0.233 e. The summed E-state index contributed by atoms with van der Waals surface area (Å²) in [6, 6.07) is 12.0. The smallest absolute Gasteiger partial charge is 0.233 e. The zero-order valence-corrected chi connectivity index (χ0v) is 14.7. The number of anilines is 2. The maximum absolute atomic E-state index is 12.0. The van der Waals surface area contributed by atoms with E-state index in [1.807, 2.05) is 6.07 Å². The Balaban J connectivity index is 1.45. The van der Waals surface area contributed by atoms with E-state index in [9.17, 15) is 14.4 Å². The lowest BCUT2D eigenvalue weighted by Gasteiger charge is -2.08. The molecule has 1 aliphatic rings. The Kier molecular flexibility index (Phi) is 5.55. The molecule has 27 heavy (non-hydrogen) atoms. The topological polar surface area (TPSA) is 106 Å². The summed E-state index contributed by atoms with van der Waals surface area (Å²) >= 11 is 0. The van der Waals surface area contributed by atoms with Crippen LogP contribution in [0.2, 0.25) is 0 Å². The van der Waals surface area contributed by atoms with Crippen LogP contribution in [0.5, 0.6) is 11.5 Å². The monoisotopic (exact) mass is 369 g/mol. The number of hydrogen-bond acceptors (Lipinski definition) is 5. The van der Waals surface area contributed by atoms with Gasteiger partial charge in [0.2, 0.25) is 24.5 Å². The van der Waals surface area contributed by atoms with Gasteiger partial charge >= 0.3 is 0 Å². The quantitative estimate of drug-likeness (QED) is 0.676. The number of nitrogens with one attached hydrogen (secondary N) is 3. The van der Waals surface area contributed by atoms with Crippen molar-refractivity contribution in [3.05, 3.63) is 48.0 Å². The summed E-state index contributed by atoms with van der Waals surface area (Å²) in [6.07, 6.45) is -0.294. The van der Waals surface area contributed by atoms with Gasteiger partial charge in [-0.05, 0) is 42.0 Å². The predicted octanol–water partition coefficient (Wildman–Crippen LogP) is 2.02. The molecule has 8 nitrogen and oxygen atoms in total. The average Bonchev–Trinajstić information content (AvgIpc) is 3.09. The summed E-state index contributed by atoms with van der Waals surface area (Å²) in [5.41, 5.74) is 2.02. The van der Waals surface area contributed by atoms with E-state index in [0.717, 1.165) is 5.56 Å². The lowest BCUT2D eigenvalue weighted by atomic mass is 10.2. The Bertz CT molecular complexity index is 864. The summed E-state index contributed by atoms with van der Waals surface area (Å²) in [5.74, 6) is 0.326. The fourth-order valence-electron chi connectivity index (χ4n) is 2.51. The normalized spacial score (nSPS) is 11.6. The van der Waals surface area contributed by atoms with Crippen LogP contribution in [-0.4, -0.2) is 24.5 Å². The number of carbonyl (C=O) groups excluding carboxylic acids is 3. The van der Waals surface area contributed by atoms with Gasteiger partial charge in [0.05, 0.1) is 0 Å². The van der Waals surface area contributed by atoms with Gasteiger partial charge in [0.25, 0.3) is 0 Å². The van der Waals surface area contributed by atoms with Crippen molar-refractivity contribution in [2.45, 2.75) is 19.9 Å². The van der Waals surface area contributed by atoms with Gasteiger partial charge in [-0.15, -0.1) is 0 Å². The summed E-state index contributed by atoms with van der Waals surface area (Å²) in [7, 11) is 0. The van der Waals surface area contributed by atoms with Gasteiger partial charge in [0.1, 0.15) is 6.42 Å². The molecular formula is C19H19N3O5. The number of benzene rings is 2. The minimum Gasteiger partial charge on any atom is -0.454 e. The van der Waals surface area contributed by atoms with Crippen LogP contribution >= 0.6 is 0 Å². The van der Waals surface area contributed by atoms with Gasteiger partial charge in [-0.2, -0.15) is 0 Å². The Morgan fingerprint density at radius 2 is 1.56 bits per heavy atom. The molecule has 1 heterocycles. The third-order valence-corrected chi connectivity index (χ3v) is 3.74. The van der Waals surface area contributed by atoms with E-state index in [-0.39, 0.29) is 31.6 Å². The first-order chi connectivity index (χ1) is 13.0. The van der Waals surface area contributed by atoms with Gasteiger partial charge in [0, 0.05) is 24.8 Å². The van der Waals surface area contributed by atoms with Crippen LogP contribution in [-0.2, 0) is 20.9 Å². The van der Waals surface area contributed by atoms with Crippen molar-refractivity contribution < 1.29 is 23.9 Å². The van der Waals surface area contributed by atoms with E-state index in [4.69, 9.17) is 9.47 Å². The molecule has 0 unspecified atom stereocenters. The third-order valence-electron chi connectivity index (χ3n) is 3.74. The van der Waals surface area contributed by atoms with E-state index in [1.165, 1.54) is 6.92 Å². The molecule has 0 bridgehead atoms. The van der Waals surface area contributed by atoms with Gasteiger partial charge in [-0.3, -0.25) is 14.4 Å². The van der Waals surface area contributed by atoms with Crippen molar-refractivity contribution >= 4 is 29.1 Å². The zero-order chi connectivity index (χ0) is 19.2. The first-order valence-corrected chi connectivity index (χ1v) is 8.32. The first-order valence-electron chi connectivity index (χ1n) is 8.32. The van der Waals surface area contributed by atoms with Crippen molar-refractivity contribution in [3.63, 3.8) is 0 Å². The van der Waals surface area contributed by atoms with E-state index in [0.29, 0.717) is 22.9 Å². The van der Waals surface area contributed by atoms with Crippen LogP contribution in [0.3, 0.4) is 0 Å². The van der Waals surface area contributed by atoms with Crippen LogP contribution in [0.25, 0.3) is 0 Å². The molecule has 140 valence electrons. The third kappa shape index (κ3) is 5.21. The number of amides is 3. The van der Waals surface area contributed by atoms with Crippen LogP contribution in [0, 0.1) is 0 Å². The highest BCUT2D eigenvalue weighted by atomic mass is 16.7. The van der Waals surface area contributed by atoms with Crippen molar-refractivity contribution in [1.29, 1.82) is 0 Å². The molecule has 0 aromatic heterocycles. The molecule has 3 N–H and O–H groups in total. The molecule has 0 fully saturated rings. The highest BCUT2D eigenvalue weighted by Gasteiger charge is 2.14. The highest BCUT2D eigenvalue weighted by Crippen LogP contribution is 2.32. The SMILES string of the molecule is CC(=O)Nc1ccc(NC(=O)CC(=O)NCc2ccc3c(c2)OCO3)cc1.